The monoisotopic (exact) mass is 252 g/mol. The zero-order valence-electron chi connectivity index (χ0n) is 8.58. The molecule has 0 saturated heterocycles. The van der Waals surface area contributed by atoms with Crippen LogP contribution in [0.5, 0.6) is 0 Å². The summed E-state index contributed by atoms with van der Waals surface area (Å²) in [5, 5.41) is 0.387. The van der Waals surface area contributed by atoms with Gasteiger partial charge in [-0.15, -0.1) is 0 Å². The van der Waals surface area contributed by atoms with Crippen LogP contribution in [0, 0.1) is 11.6 Å². The molecule has 2 aromatic rings. The number of halogens is 3. The molecule has 0 spiro atoms. The number of carbonyl (C=O) groups excluding carboxylic acids is 1. The van der Waals surface area contributed by atoms with E-state index in [-0.39, 0.29) is 11.1 Å². The topological polar surface area (TPSA) is 17.1 Å². The van der Waals surface area contributed by atoms with Gasteiger partial charge in [0.05, 0.1) is 0 Å². The Labute approximate surface area is 102 Å². The lowest BCUT2D eigenvalue weighted by Gasteiger charge is -2.06. The number of benzene rings is 2. The van der Waals surface area contributed by atoms with E-state index >= 15 is 0 Å². The third kappa shape index (κ3) is 2.34. The average Bonchev–Trinajstić information content (AvgIpc) is 2.30. The molecule has 4 heteroatoms. The number of aldehydes is 1. The molecule has 0 amide bonds. The molecular weight excluding hydrogens is 246 g/mol. The van der Waals surface area contributed by atoms with Crippen molar-refractivity contribution in [1.29, 1.82) is 0 Å². The molecule has 0 aromatic heterocycles. The highest BCUT2D eigenvalue weighted by Gasteiger charge is 2.10. The van der Waals surface area contributed by atoms with Crippen LogP contribution in [0.1, 0.15) is 10.4 Å². The minimum atomic E-state index is -0.713. The molecule has 17 heavy (non-hydrogen) atoms. The van der Waals surface area contributed by atoms with E-state index in [1.807, 2.05) is 0 Å². The zero-order valence-corrected chi connectivity index (χ0v) is 9.34. The fourth-order valence-corrected chi connectivity index (χ4v) is 1.76. The van der Waals surface area contributed by atoms with Gasteiger partial charge in [-0.05, 0) is 29.8 Å². The third-order valence-electron chi connectivity index (χ3n) is 2.36. The highest BCUT2D eigenvalue weighted by atomic mass is 35.5. The van der Waals surface area contributed by atoms with Gasteiger partial charge in [0, 0.05) is 22.2 Å². The van der Waals surface area contributed by atoms with E-state index in [2.05, 4.69) is 0 Å². The Balaban J connectivity index is 2.63. The van der Waals surface area contributed by atoms with Crippen LogP contribution in [0.2, 0.25) is 5.02 Å². The van der Waals surface area contributed by atoms with Crippen LogP contribution in [0.25, 0.3) is 11.1 Å². The van der Waals surface area contributed by atoms with E-state index in [0.717, 1.165) is 12.1 Å². The molecule has 0 fully saturated rings. The maximum Gasteiger partial charge on any atom is 0.150 e. The standard InChI is InChI=1S/C13H7ClF2O/c14-9-1-3-11(8(5-9)7-17)12-4-2-10(15)6-13(12)16/h1-7H. The second kappa shape index (κ2) is 4.63. The lowest BCUT2D eigenvalue weighted by atomic mass is 10.00. The molecule has 1 nitrogen and oxygen atoms in total. The third-order valence-corrected chi connectivity index (χ3v) is 2.60. The van der Waals surface area contributed by atoms with Crippen molar-refractivity contribution in [1.82, 2.24) is 0 Å². The molecule has 0 aliphatic carbocycles. The molecule has 0 aliphatic heterocycles. The summed E-state index contributed by atoms with van der Waals surface area (Å²) in [5.41, 5.74) is 0.829. The maximum atomic E-state index is 13.6. The first kappa shape index (κ1) is 11.7. The lowest BCUT2D eigenvalue weighted by molar-refractivity contribution is 0.112. The zero-order chi connectivity index (χ0) is 12.4. The van der Waals surface area contributed by atoms with Gasteiger partial charge in [-0.3, -0.25) is 4.79 Å². The second-order valence-corrected chi connectivity index (χ2v) is 3.91. The molecule has 86 valence electrons. The first-order chi connectivity index (χ1) is 8.11. The Hall–Kier alpha value is -1.74. The van der Waals surface area contributed by atoms with Gasteiger partial charge in [-0.1, -0.05) is 17.7 Å². The summed E-state index contributed by atoms with van der Waals surface area (Å²) in [7, 11) is 0. The summed E-state index contributed by atoms with van der Waals surface area (Å²) in [6, 6.07) is 7.72. The summed E-state index contributed by atoms with van der Waals surface area (Å²) in [5.74, 6) is -1.37. The van der Waals surface area contributed by atoms with Crippen LogP contribution in [0.4, 0.5) is 8.78 Å². The van der Waals surface area contributed by atoms with Gasteiger partial charge in [0.15, 0.2) is 6.29 Å². The van der Waals surface area contributed by atoms with Gasteiger partial charge in [0.25, 0.3) is 0 Å². The molecule has 0 N–H and O–H groups in total. The maximum absolute atomic E-state index is 13.6. The summed E-state index contributed by atoms with van der Waals surface area (Å²) < 4.78 is 26.3. The van der Waals surface area contributed by atoms with Gasteiger partial charge >= 0.3 is 0 Å². The lowest BCUT2D eigenvalue weighted by Crippen LogP contribution is -1.91. The van der Waals surface area contributed by atoms with Crippen molar-refractivity contribution in [3.63, 3.8) is 0 Å². The minimum Gasteiger partial charge on any atom is -0.298 e. The average molecular weight is 253 g/mol. The Bertz CT molecular complexity index is 582. The smallest absolute Gasteiger partial charge is 0.150 e. The molecular formula is C13H7ClF2O. The number of rotatable bonds is 2. The molecule has 0 atom stereocenters. The first-order valence-electron chi connectivity index (χ1n) is 4.82. The van der Waals surface area contributed by atoms with Crippen molar-refractivity contribution < 1.29 is 13.6 Å². The number of hydrogen-bond acceptors (Lipinski definition) is 1. The summed E-state index contributed by atoms with van der Waals surface area (Å²) in [6.07, 6.45) is 0.587. The van der Waals surface area contributed by atoms with Crippen LogP contribution in [0.3, 0.4) is 0 Å². The quantitative estimate of drug-likeness (QED) is 0.736. The molecule has 2 aromatic carbocycles. The summed E-state index contributed by atoms with van der Waals surface area (Å²) >= 11 is 5.74. The van der Waals surface area contributed by atoms with Gasteiger partial charge in [-0.25, -0.2) is 8.78 Å². The highest BCUT2D eigenvalue weighted by Crippen LogP contribution is 2.28. The van der Waals surface area contributed by atoms with Gasteiger partial charge in [0.1, 0.15) is 11.6 Å². The van der Waals surface area contributed by atoms with Crippen molar-refractivity contribution in [2.45, 2.75) is 0 Å². The van der Waals surface area contributed by atoms with E-state index < -0.39 is 11.6 Å². The predicted molar refractivity (Wildman–Crippen MR) is 62.2 cm³/mol. The number of hydrogen-bond donors (Lipinski definition) is 0. The van der Waals surface area contributed by atoms with Crippen molar-refractivity contribution in [3.8, 4) is 11.1 Å². The van der Waals surface area contributed by atoms with Crippen LogP contribution in [-0.4, -0.2) is 6.29 Å². The molecule has 0 aliphatic rings. The van der Waals surface area contributed by atoms with Crippen molar-refractivity contribution >= 4 is 17.9 Å². The Morgan fingerprint density at radius 2 is 1.71 bits per heavy atom. The molecule has 0 unspecified atom stereocenters. The van der Waals surface area contributed by atoms with Gasteiger partial charge < -0.3 is 0 Å². The van der Waals surface area contributed by atoms with E-state index in [4.69, 9.17) is 11.6 Å². The largest absolute Gasteiger partial charge is 0.298 e. The molecule has 0 saturated carbocycles. The molecule has 2 rings (SSSR count). The summed E-state index contributed by atoms with van der Waals surface area (Å²) in [4.78, 5) is 10.9. The number of carbonyl (C=O) groups is 1. The normalized spacial score (nSPS) is 10.3. The second-order valence-electron chi connectivity index (χ2n) is 3.47. The van der Waals surface area contributed by atoms with Crippen LogP contribution >= 0.6 is 11.6 Å². The van der Waals surface area contributed by atoms with E-state index in [1.54, 1.807) is 6.07 Å². The van der Waals surface area contributed by atoms with Crippen molar-refractivity contribution in [2.75, 3.05) is 0 Å². The van der Waals surface area contributed by atoms with Gasteiger partial charge in [-0.2, -0.15) is 0 Å². The van der Waals surface area contributed by atoms with Crippen LogP contribution in [-0.2, 0) is 0 Å². The molecule has 0 radical (unpaired) electrons. The summed E-state index contributed by atoms with van der Waals surface area (Å²) in [6.45, 7) is 0. The first-order valence-corrected chi connectivity index (χ1v) is 5.20. The molecule has 0 bridgehead atoms. The van der Waals surface area contributed by atoms with Crippen LogP contribution in [0.15, 0.2) is 36.4 Å². The Morgan fingerprint density at radius 1 is 1.00 bits per heavy atom. The van der Waals surface area contributed by atoms with Crippen LogP contribution < -0.4 is 0 Å². The Morgan fingerprint density at radius 3 is 2.35 bits per heavy atom. The predicted octanol–water partition coefficient (Wildman–Crippen LogP) is 4.10. The van der Waals surface area contributed by atoms with E-state index in [9.17, 15) is 13.6 Å². The fraction of sp³-hybridized carbons (Fsp3) is 0. The molecule has 0 heterocycles. The van der Waals surface area contributed by atoms with Crippen molar-refractivity contribution in [3.05, 3.63) is 58.6 Å². The van der Waals surface area contributed by atoms with Gasteiger partial charge in [0.2, 0.25) is 0 Å². The Kier molecular flexibility index (Phi) is 3.20. The van der Waals surface area contributed by atoms with Crippen molar-refractivity contribution in [2.24, 2.45) is 0 Å². The minimum absolute atomic E-state index is 0.171. The highest BCUT2D eigenvalue weighted by molar-refractivity contribution is 6.31. The van der Waals surface area contributed by atoms with E-state index in [0.29, 0.717) is 16.9 Å². The SMILES string of the molecule is O=Cc1cc(Cl)ccc1-c1ccc(F)cc1F. The fourth-order valence-electron chi connectivity index (χ4n) is 1.58. The van der Waals surface area contributed by atoms with E-state index in [1.165, 1.54) is 18.2 Å².